The molecule has 2 heterocycles. The van der Waals surface area contributed by atoms with Crippen LogP contribution in [0.25, 0.3) is 0 Å². The summed E-state index contributed by atoms with van der Waals surface area (Å²) in [5, 5.41) is 0. The van der Waals surface area contributed by atoms with Crippen molar-refractivity contribution in [3.8, 4) is 0 Å². The second-order valence-corrected chi connectivity index (χ2v) is 5.08. The van der Waals surface area contributed by atoms with Gasteiger partial charge in [-0.25, -0.2) is 0 Å². The molecule has 2 saturated heterocycles. The Kier molecular flexibility index (Phi) is 3.78. The monoisotopic (exact) mass is 263 g/mol. The van der Waals surface area contributed by atoms with Gasteiger partial charge in [0.2, 0.25) is 6.79 Å². The van der Waals surface area contributed by atoms with Crippen LogP contribution in [0.3, 0.4) is 0 Å². The molecule has 4 nitrogen and oxygen atoms in total. The molecule has 1 aliphatic carbocycles. The van der Waals surface area contributed by atoms with Crippen LogP contribution in [0.15, 0.2) is 35.5 Å². The number of hydrogen-bond donors (Lipinski definition) is 0. The molecule has 0 aromatic heterocycles. The predicted molar refractivity (Wildman–Crippen MR) is 72.1 cm³/mol. The molecule has 2 fully saturated rings. The minimum absolute atomic E-state index is 0.319. The lowest BCUT2D eigenvalue weighted by Gasteiger charge is -2.31. The highest BCUT2D eigenvalue weighted by Crippen LogP contribution is 2.27. The van der Waals surface area contributed by atoms with Crippen molar-refractivity contribution in [2.75, 3.05) is 26.4 Å². The van der Waals surface area contributed by atoms with E-state index in [1.54, 1.807) is 0 Å². The average Bonchev–Trinajstić information content (AvgIpc) is 2.79. The molecular weight excluding hydrogens is 242 g/mol. The SMILES string of the molecule is CCN1CCC(OC2=CCC=C3OCOC3=C2)CC1. The Morgan fingerprint density at radius 1 is 1.21 bits per heavy atom. The van der Waals surface area contributed by atoms with E-state index >= 15 is 0 Å². The fourth-order valence-corrected chi connectivity index (χ4v) is 2.66. The van der Waals surface area contributed by atoms with Crippen LogP contribution in [0.4, 0.5) is 0 Å². The summed E-state index contributed by atoms with van der Waals surface area (Å²) in [6, 6.07) is 0. The highest BCUT2D eigenvalue weighted by molar-refractivity contribution is 5.32. The van der Waals surface area contributed by atoms with Crippen molar-refractivity contribution >= 4 is 0 Å². The van der Waals surface area contributed by atoms with E-state index in [0.717, 1.165) is 56.2 Å². The predicted octanol–water partition coefficient (Wildman–Crippen LogP) is 2.55. The number of nitrogens with zero attached hydrogens (tertiary/aromatic N) is 1. The van der Waals surface area contributed by atoms with E-state index in [-0.39, 0.29) is 0 Å². The average molecular weight is 263 g/mol. The van der Waals surface area contributed by atoms with Crippen LogP contribution in [0.1, 0.15) is 26.2 Å². The summed E-state index contributed by atoms with van der Waals surface area (Å²) in [7, 11) is 0. The zero-order chi connectivity index (χ0) is 13.1. The number of piperidine rings is 1. The summed E-state index contributed by atoms with van der Waals surface area (Å²) in [6.45, 7) is 5.93. The van der Waals surface area contributed by atoms with Crippen molar-refractivity contribution in [1.29, 1.82) is 0 Å². The molecule has 0 amide bonds. The number of hydrogen-bond acceptors (Lipinski definition) is 4. The van der Waals surface area contributed by atoms with Crippen molar-refractivity contribution in [3.05, 3.63) is 35.5 Å². The van der Waals surface area contributed by atoms with Crippen LogP contribution in [0.2, 0.25) is 0 Å². The summed E-state index contributed by atoms with van der Waals surface area (Å²) in [5.74, 6) is 2.56. The normalized spacial score (nSPS) is 24.4. The molecule has 19 heavy (non-hydrogen) atoms. The smallest absolute Gasteiger partial charge is 0.231 e. The van der Waals surface area contributed by atoms with Crippen molar-refractivity contribution < 1.29 is 14.2 Å². The van der Waals surface area contributed by atoms with E-state index in [1.165, 1.54) is 0 Å². The Morgan fingerprint density at radius 2 is 2.00 bits per heavy atom. The molecule has 3 aliphatic rings. The quantitative estimate of drug-likeness (QED) is 0.783. The van der Waals surface area contributed by atoms with Crippen molar-refractivity contribution in [1.82, 2.24) is 4.90 Å². The number of allylic oxidation sites excluding steroid dienone is 3. The first-order valence-electron chi connectivity index (χ1n) is 7.12. The van der Waals surface area contributed by atoms with E-state index in [9.17, 15) is 0 Å². The first-order valence-corrected chi connectivity index (χ1v) is 7.12. The van der Waals surface area contributed by atoms with Crippen LogP contribution in [-0.4, -0.2) is 37.4 Å². The van der Waals surface area contributed by atoms with E-state index in [4.69, 9.17) is 14.2 Å². The van der Waals surface area contributed by atoms with Crippen LogP contribution in [-0.2, 0) is 14.2 Å². The third-order valence-corrected chi connectivity index (χ3v) is 3.85. The second kappa shape index (κ2) is 5.70. The maximum atomic E-state index is 6.10. The molecule has 104 valence electrons. The largest absolute Gasteiger partial charge is 0.491 e. The molecule has 0 bridgehead atoms. The number of rotatable bonds is 3. The number of ether oxygens (including phenoxy) is 3. The molecule has 2 aliphatic heterocycles. The minimum atomic E-state index is 0.319. The van der Waals surface area contributed by atoms with Crippen LogP contribution < -0.4 is 0 Å². The Hall–Kier alpha value is -1.42. The first kappa shape index (κ1) is 12.6. The van der Waals surface area contributed by atoms with Gasteiger partial charge in [-0.1, -0.05) is 6.92 Å². The van der Waals surface area contributed by atoms with Crippen LogP contribution in [0.5, 0.6) is 0 Å². The van der Waals surface area contributed by atoms with E-state index in [2.05, 4.69) is 17.9 Å². The van der Waals surface area contributed by atoms with E-state index in [0.29, 0.717) is 12.9 Å². The number of likely N-dealkylation sites (tertiary alicyclic amines) is 1. The zero-order valence-electron chi connectivity index (χ0n) is 11.4. The van der Waals surface area contributed by atoms with Crippen molar-refractivity contribution in [2.45, 2.75) is 32.3 Å². The maximum absolute atomic E-state index is 6.10. The summed E-state index contributed by atoms with van der Waals surface area (Å²) in [5.41, 5.74) is 0. The van der Waals surface area contributed by atoms with Gasteiger partial charge in [-0.3, -0.25) is 0 Å². The molecule has 0 radical (unpaired) electrons. The molecule has 4 heteroatoms. The van der Waals surface area contributed by atoms with Gasteiger partial charge in [0.15, 0.2) is 11.5 Å². The van der Waals surface area contributed by atoms with Crippen molar-refractivity contribution in [3.63, 3.8) is 0 Å². The summed E-state index contributed by atoms with van der Waals surface area (Å²) >= 11 is 0. The van der Waals surface area contributed by atoms with Gasteiger partial charge in [0.05, 0.1) is 0 Å². The number of fused-ring (bicyclic) bond motifs is 1. The standard InChI is InChI=1S/C15H21NO3/c1-2-16-8-6-12(7-9-16)19-13-4-3-5-14-15(10-13)18-11-17-14/h4-5,10,12H,2-3,6-9,11H2,1H3. The Bertz CT molecular complexity index is 417. The molecule has 0 unspecified atom stereocenters. The van der Waals surface area contributed by atoms with Gasteiger partial charge in [-0.05, 0) is 38.0 Å². The van der Waals surface area contributed by atoms with Gasteiger partial charge in [-0.2, -0.15) is 0 Å². The van der Waals surface area contributed by atoms with Gasteiger partial charge in [0.1, 0.15) is 11.9 Å². The molecular formula is C15H21NO3. The van der Waals surface area contributed by atoms with E-state index < -0.39 is 0 Å². The fourth-order valence-electron chi connectivity index (χ4n) is 2.66. The molecule has 0 spiro atoms. The van der Waals surface area contributed by atoms with Crippen LogP contribution in [0, 0.1) is 0 Å². The molecule has 3 rings (SSSR count). The van der Waals surface area contributed by atoms with Gasteiger partial charge < -0.3 is 19.1 Å². The lowest BCUT2D eigenvalue weighted by atomic mass is 10.1. The van der Waals surface area contributed by atoms with E-state index in [1.807, 2.05) is 12.2 Å². The van der Waals surface area contributed by atoms with Gasteiger partial charge in [0.25, 0.3) is 0 Å². The summed E-state index contributed by atoms with van der Waals surface area (Å²) < 4.78 is 16.9. The topological polar surface area (TPSA) is 30.9 Å². The summed E-state index contributed by atoms with van der Waals surface area (Å²) in [6.07, 6.45) is 9.46. The van der Waals surface area contributed by atoms with Gasteiger partial charge in [-0.15, -0.1) is 0 Å². The molecule has 0 aromatic carbocycles. The third-order valence-electron chi connectivity index (χ3n) is 3.85. The Balaban J connectivity index is 1.59. The highest BCUT2D eigenvalue weighted by atomic mass is 16.7. The van der Waals surface area contributed by atoms with Gasteiger partial charge >= 0.3 is 0 Å². The minimum Gasteiger partial charge on any atom is -0.491 e. The van der Waals surface area contributed by atoms with Crippen molar-refractivity contribution in [2.24, 2.45) is 0 Å². The second-order valence-electron chi connectivity index (χ2n) is 5.08. The van der Waals surface area contributed by atoms with Gasteiger partial charge in [0, 0.05) is 19.2 Å². The molecule has 0 atom stereocenters. The lowest BCUT2D eigenvalue weighted by Crippen LogP contribution is -2.36. The lowest BCUT2D eigenvalue weighted by molar-refractivity contribution is 0.0561. The zero-order valence-corrected chi connectivity index (χ0v) is 11.4. The van der Waals surface area contributed by atoms with Crippen LogP contribution >= 0.6 is 0 Å². The Morgan fingerprint density at radius 3 is 2.79 bits per heavy atom. The highest BCUT2D eigenvalue weighted by Gasteiger charge is 2.22. The molecule has 0 N–H and O–H groups in total. The fraction of sp³-hybridized carbons (Fsp3) is 0.600. The third kappa shape index (κ3) is 2.95. The summed E-state index contributed by atoms with van der Waals surface area (Å²) in [4.78, 5) is 2.47. The molecule has 0 saturated carbocycles. The maximum Gasteiger partial charge on any atom is 0.231 e. The first-order chi connectivity index (χ1) is 9.35. The molecule has 0 aromatic rings. The Labute approximate surface area is 114 Å².